The van der Waals surface area contributed by atoms with Crippen LogP contribution in [0.1, 0.15) is 24.5 Å². The lowest BCUT2D eigenvalue weighted by molar-refractivity contribution is -0.124. The number of nitrogens with two attached hydrogens (primary N) is 1. The van der Waals surface area contributed by atoms with Crippen molar-refractivity contribution in [3.8, 4) is 0 Å². The average molecular weight is 252 g/mol. The van der Waals surface area contributed by atoms with Crippen LogP contribution >= 0.6 is 0 Å². The Morgan fingerprint density at radius 3 is 2.78 bits per heavy atom. The maximum absolute atomic E-state index is 13.1. The highest BCUT2D eigenvalue weighted by molar-refractivity contribution is 5.78. The van der Waals surface area contributed by atoms with Crippen molar-refractivity contribution in [3.63, 3.8) is 0 Å². The van der Waals surface area contributed by atoms with Gasteiger partial charge in [-0.15, -0.1) is 0 Å². The lowest BCUT2D eigenvalue weighted by Crippen LogP contribution is -2.35. The molecule has 0 spiro atoms. The van der Waals surface area contributed by atoms with Crippen LogP contribution in [-0.4, -0.2) is 19.0 Å². The van der Waals surface area contributed by atoms with Crippen LogP contribution in [0.25, 0.3) is 0 Å². The summed E-state index contributed by atoms with van der Waals surface area (Å²) < 4.78 is 13.1. The van der Waals surface area contributed by atoms with Gasteiger partial charge in [-0.25, -0.2) is 4.39 Å². The van der Waals surface area contributed by atoms with Crippen LogP contribution in [0.4, 0.5) is 4.39 Å². The molecule has 0 fully saturated rings. The van der Waals surface area contributed by atoms with Crippen molar-refractivity contribution in [2.24, 2.45) is 11.7 Å². The van der Waals surface area contributed by atoms with E-state index in [0.717, 1.165) is 12.0 Å². The molecular formula is C14H21FN2O. The van der Waals surface area contributed by atoms with E-state index in [0.29, 0.717) is 25.1 Å². The van der Waals surface area contributed by atoms with Crippen molar-refractivity contribution in [1.29, 1.82) is 0 Å². The van der Waals surface area contributed by atoms with Gasteiger partial charge in [-0.05, 0) is 37.0 Å². The van der Waals surface area contributed by atoms with E-state index in [4.69, 9.17) is 5.73 Å². The van der Waals surface area contributed by atoms with Crippen LogP contribution in [0, 0.1) is 18.7 Å². The van der Waals surface area contributed by atoms with Crippen molar-refractivity contribution in [2.45, 2.75) is 26.7 Å². The number of carbonyl (C=O) groups excluding carboxylic acids is 1. The van der Waals surface area contributed by atoms with Crippen molar-refractivity contribution in [3.05, 3.63) is 35.1 Å². The maximum atomic E-state index is 13.1. The number of carbonyl (C=O) groups is 1. The zero-order valence-electron chi connectivity index (χ0n) is 11.0. The second-order valence-corrected chi connectivity index (χ2v) is 4.47. The predicted molar refractivity (Wildman–Crippen MR) is 70.7 cm³/mol. The molecule has 3 N–H and O–H groups in total. The summed E-state index contributed by atoms with van der Waals surface area (Å²) in [6, 6.07) is 5.01. The highest BCUT2D eigenvalue weighted by Crippen LogP contribution is 2.09. The number of nitrogens with one attached hydrogen (secondary N) is 1. The van der Waals surface area contributed by atoms with E-state index in [1.165, 1.54) is 6.07 Å². The molecule has 3 nitrogen and oxygen atoms in total. The summed E-state index contributed by atoms with van der Waals surface area (Å²) in [5.74, 6) is -0.309. The van der Waals surface area contributed by atoms with E-state index in [1.807, 2.05) is 13.0 Å². The molecule has 1 aromatic rings. The number of amides is 1. The number of rotatable bonds is 6. The number of aryl methyl sites for hydroxylation is 1. The summed E-state index contributed by atoms with van der Waals surface area (Å²) in [4.78, 5) is 11.7. The molecule has 18 heavy (non-hydrogen) atoms. The minimum absolute atomic E-state index is 0.00108. The third-order valence-electron chi connectivity index (χ3n) is 3.08. The molecule has 1 rings (SSSR count). The van der Waals surface area contributed by atoms with Gasteiger partial charge in [0.05, 0.1) is 0 Å². The van der Waals surface area contributed by atoms with Crippen molar-refractivity contribution in [1.82, 2.24) is 5.32 Å². The normalized spacial score (nSPS) is 12.2. The summed E-state index contributed by atoms with van der Waals surface area (Å²) >= 11 is 0. The van der Waals surface area contributed by atoms with Crippen LogP contribution in [0.5, 0.6) is 0 Å². The molecule has 0 aliphatic carbocycles. The minimum atomic E-state index is -0.197. The summed E-state index contributed by atoms with van der Waals surface area (Å²) in [6.07, 6.45) is 1.45. The number of benzene rings is 1. The molecule has 0 heterocycles. The van der Waals surface area contributed by atoms with Gasteiger partial charge in [0.1, 0.15) is 5.82 Å². The largest absolute Gasteiger partial charge is 0.355 e. The van der Waals surface area contributed by atoms with Gasteiger partial charge in [0.2, 0.25) is 5.91 Å². The fraction of sp³-hybridized carbons (Fsp3) is 0.500. The van der Waals surface area contributed by atoms with E-state index >= 15 is 0 Å². The summed E-state index contributed by atoms with van der Waals surface area (Å²) in [5, 5.41) is 2.85. The molecule has 0 aliphatic heterocycles. The molecule has 1 amide bonds. The first-order valence-electron chi connectivity index (χ1n) is 6.31. The topological polar surface area (TPSA) is 55.1 Å². The van der Waals surface area contributed by atoms with E-state index in [9.17, 15) is 9.18 Å². The fourth-order valence-corrected chi connectivity index (χ4v) is 1.80. The van der Waals surface area contributed by atoms with Crippen LogP contribution in [-0.2, 0) is 11.2 Å². The van der Waals surface area contributed by atoms with Crippen molar-refractivity contribution < 1.29 is 9.18 Å². The molecular weight excluding hydrogens is 231 g/mol. The third-order valence-corrected chi connectivity index (χ3v) is 3.08. The second kappa shape index (κ2) is 7.11. The minimum Gasteiger partial charge on any atom is -0.355 e. The lowest BCUT2D eigenvalue weighted by atomic mass is 10.1. The Balaban J connectivity index is 2.41. The fourth-order valence-electron chi connectivity index (χ4n) is 1.80. The first-order valence-corrected chi connectivity index (χ1v) is 6.31. The molecule has 1 aromatic carbocycles. The molecule has 0 aromatic heterocycles. The molecule has 0 saturated carbocycles. The van der Waals surface area contributed by atoms with E-state index in [1.54, 1.807) is 13.0 Å². The van der Waals surface area contributed by atoms with Gasteiger partial charge in [-0.1, -0.05) is 19.1 Å². The van der Waals surface area contributed by atoms with Gasteiger partial charge < -0.3 is 11.1 Å². The van der Waals surface area contributed by atoms with Gasteiger partial charge in [0.15, 0.2) is 0 Å². The molecule has 0 aliphatic rings. The monoisotopic (exact) mass is 252 g/mol. The zero-order chi connectivity index (χ0) is 13.5. The second-order valence-electron chi connectivity index (χ2n) is 4.47. The van der Waals surface area contributed by atoms with Crippen LogP contribution in [0.3, 0.4) is 0 Å². The number of hydrogen-bond donors (Lipinski definition) is 2. The molecule has 0 bridgehead atoms. The predicted octanol–water partition coefficient (Wildman–Crippen LogP) is 1.78. The Morgan fingerprint density at radius 2 is 2.22 bits per heavy atom. The van der Waals surface area contributed by atoms with Gasteiger partial charge in [-0.3, -0.25) is 4.79 Å². The summed E-state index contributed by atoms with van der Waals surface area (Å²) in [6.45, 7) is 4.61. The average Bonchev–Trinajstić information content (AvgIpc) is 2.35. The van der Waals surface area contributed by atoms with Crippen molar-refractivity contribution >= 4 is 5.91 Å². The number of hydrogen-bond acceptors (Lipinski definition) is 2. The Bertz CT molecular complexity index is 403. The highest BCUT2D eigenvalue weighted by atomic mass is 19.1. The van der Waals surface area contributed by atoms with Gasteiger partial charge >= 0.3 is 0 Å². The van der Waals surface area contributed by atoms with Crippen LogP contribution in [0.15, 0.2) is 18.2 Å². The lowest BCUT2D eigenvalue weighted by Gasteiger charge is -2.12. The quantitative estimate of drug-likeness (QED) is 0.811. The van der Waals surface area contributed by atoms with Gasteiger partial charge in [0, 0.05) is 19.0 Å². The molecule has 1 unspecified atom stereocenters. The molecule has 0 saturated heterocycles. The maximum Gasteiger partial charge on any atom is 0.224 e. The third kappa shape index (κ3) is 4.11. The summed E-state index contributed by atoms with van der Waals surface area (Å²) in [5.41, 5.74) is 7.16. The van der Waals surface area contributed by atoms with E-state index in [-0.39, 0.29) is 17.6 Å². The van der Waals surface area contributed by atoms with Gasteiger partial charge in [0.25, 0.3) is 0 Å². The van der Waals surface area contributed by atoms with Crippen LogP contribution in [0.2, 0.25) is 0 Å². The highest BCUT2D eigenvalue weighted by Gasteiger charge is 2.13. The summed E-state index contributed by atoms with van der Waals surface area (Å²) in [7, 11) is 0. The smallest absolute Gasteiger partial charge is 0.224 e. The Kier molecular flexibility index (Phi) is 5.78. The Hall–Kier alpha value is -1.42. The Labute approximate surface area is 108 Å². The molecule has 1 atom stereocenters. The number of halogens is 1. The van der Waals surface area contributed by atoms with Crippen LogP contribution < -0.4 is 11.1 Å². The Morgan fingerprint density at radius 1 is 1.50 bits per heavy atom. The van der Waals surface area contributed by atoms with E-state index in [2.05, 4.69) is 5.32 Å². The zero-order valence-corrected chi connectivity index (χ0v) is 11.0. The van der Waals surface area contributed by atoms with Gasteiger partial charge in [-0.2, -0.15) is 0 Å². The first kappa shape index (κ1) is 14.6. The SMILES string of the molecule is CCC(CN)C(=O)NCCc1ccc(F)c(C)c1. The standard InChI is InChI=1S/C14H21FN2O/c1-3-12(9-16)14(18)17-7-6-11-4-5-13(15)10(2)8-11/h4-5,8,12H,3,6-7,9,16H2,1-2H3,(H,17,18). The first-order chi connectivity index (χ1) is 8.58. The van der Waals surface area contributed by atoms with E-state index < -0.39 is 0 Å². The van der Waals surface area contributed by atoms with Crippen molar-refractivity contribution in [2.75, 3.05) is 13.1 Å². The molecule has 4 heteroatoms. The molecule has 100 valence electrons. The molecule has 0 radical (unpaired) electrons.